The SMILES string of the molecule is CC(CO)(CO)NCc1c2ccccc2cc2c1sc1ccccc12.CS(=O)(=O)O. The molecule has 0 radical (unpaired) electrons. The van der Waals surface area contributed by atoms with Crippen LogP contribution in [0, 0.1) is 0 Å². The molecule has 6 nitrogen and oxygen atoms in total. The molecule has 0 aliphatic rings. The van der Waals surface area contributed by atoms with Gasteiger partial charge in [-0.05, 0) is 35.4 Å². The van der Waals surface area contributed by atoms with Crippen LogP contribution in [0.15, 0.2) is 54.6 Å². The van der Waals surface area contributed by atoms with Gasteiger partial charge in [0.15, 0.2) is 0 Å². The Balaban J connectivity index is 0.000000461. The molecule has 0 aliphatic carbocycles. The Bertz CT molecular complexity index is 1270. The van der Waals surface area contributed by atoms with Gasteiger partial charge in [0.25, 0.3) is 10.1 Å². The van der Waals surface area contributed by atoms with E-state index < -0.39 is 15.7 Å². The highest BCUT2D eigenvalue weighted by Gasteiger charge is 2.22. The zero-order valence-electron chi connectivity index (χ0n) is 16.8. The number of hydrogen-bond acceptors (Lipinski definition) is 6. The third-order valence-corrected chi connectivity index (χ3v) is 6.13. The second-order valence-corrected chi connectivity index (χ2v) is 10.0. The van der Waals surface area contributed by atoms with E-state index in [2.05, 4.69) is 59.9 Å². The van der Waals surface area contributed by atoms with Crippen LogP contribution in [0.25, 0.3) is 30.9 Å². The van der Waals surface area contributed by atoms with Crippen molar-refractivity contribution < 1.29 is 23.2 Å². The Morgan fingerprint density at radius 1 is 0.967 bits per heavy atom. The number of hydrogen-bond donors (Lipinski definition) is 4. The summed E-state index contributed by atoms with van der Waals surface area (Å²) in [6.07, 6.45) is 0.715. The number of fused-ring (bicyclic) bond motifs is 4. The second-order valence-electron chi connectivity index (χ2n) is 7.51. The lowest BCUT2D eigenvalue weighted by Gasteiger charge is -2.26. The Kier molecular flexibility index (Phi) is 6.76. The monoisotopic (exact) mass is 447 g/mol. The highest BCUT2D eigenvalue weighted by molar-refractivity contribution is 7.85. The molecule has 0 spiro atoms. The Morgan fingerprint density at radius 3 is 2.17 bits per heavy atom. The predicted molar refractivity (Wildman–Crippen MR) is 124 cm³/mol. The maximum absolute atomic E-state index is 9.58. The number of aliphatic hydroxyl groups is 2. The van der Waals surface area contributed by atoms with E-state index in [1.54, 1.807) is 11.3 Å². The highest BCUT2D eigenvalue weighted by Crippen LogP contribution is 2.39. The quantitative estimate of drug-likeness (QED) is 0.349. The second kappa shape index (κ2) is 8.97. The molecular formula is C22H25NO5S2. The van der Waals surface area contributed by atoms with Crippen LogP contribution in [-0.2, 0) is 16.7 Å². The third kappa shape index (κ3) is 5.15. The van der Waals surface area contributed by atoms with E-state index in [0.717, 1.165) is 0 Å². The van der Waals surface area contributed by atoms with Crippen LogP contribution < -0.4 is 5.32 Å². The molecule has 8 heteroatoms. The molecule has 160 valence electrons. The van der Waals surface area contributed by atoms with E-state index in [9.17, 15) is 18.6 Å². The summed E-state index contributed by atoms with van der Waals surface area (Å²) in [6, 6.07) is 19.2. The fraction of sp³-hybridized carbons (Fsp3) is 0.273. The summed E-state index contributed by atoms with van der Waals surface area (Å²) in [7, 11) is -3.67. The Morgan fingerprint density at radius 2 is 1.53 bits per heavy atom. The molecule has 0 unspecified atom stereocenters. The molecule has 0 bridgehead atoms. The molecule has 0 amide bonds. The van der Waals surface area contributed by atoms with Crippen LogP contribution >= 0.6 is 11.3 Å². The summed E-state index contributed by atoms with van der Waals surface area (Å²) in [5.74, 6) is 0. The standard InChI is InChI=1S/C21H21NO2S.CH4O3S/c1-21(12-23,13-24)22-11-18-15-7-3-2-6-14(15)10-17-16-8-4-5-9-19(16)25-20(17)18;1-5(2,3)4/h2-10,22-24H,11-13H2,1H3;1H3,(H,2,3,4). The van der Waals surface area contributed by atoms with Crippen molar-refractivity contribution in [2.24, 2.45) is 0 Å². The third-order valence-electron chi connectivity index (χ3n) is 4.88. The first kappa shape index (κ1) is 22.6. The molecule has 30 heavy (non-hydrogen) atoms. The Labute approximate surface area is 179 Å². The van der Waals surface area contributed by atoms with Crippen LogP contribution in [0.4, 0.5) is 0 Å². The summed E-state index contributed by atoms with van der Waals surface area (Å²) in [5, 5.41) is 27.5. The van der Waals surface area contributed by atoms with Crippen molar-refractivity contribution in [2.45, 2.75) is 19.0 Å². The predicted octanol–water partition coefficient (Wildman–Crippen LogP) is 3.54. The lowest BCUT2D eigenvalue weighted by molar-refractivity contribution is 0.103. The zero-order chi connectivity index (χ0) is 21.9. The fourth-order valence-electron chi connectivity index (χ4n) is 3.25. The highest BCUT2D eigenvalue weighted by atomic mass is 32.2. The molecule has 1 heterocycles. The van der Waals surface area contributed by atoms with E-state index in [-0.39, 0.29) is 13.2 Å². The van der Waals surface area contributed by atoms with Gasteiger partial charge in [-0.15, -0.1) is 11.3 Å². The minimum absolute atomic E-state index is 0.107. The maximum Gasteiger partial charge on any atom is 0.261 e. The van der Waals surface area contributed by atoms with E-state index in [4.69, 9.17) is 4.55 Å². The molecule has 4 aromatic rings. The minimum Gasteiger partial charge on any atom is -0.394 e. The first-order chi connectivity index (χ1) is 14.1. The van der Waals surface area contributed by atoms with Gasteiger partial charge >= 0.3 is 0 Å². The summed E-state index contributed by atoms with van der Waals surface area (Å²) >= 11 is 1.80. The van der Waals surface area contributed by atoms with E-state index in [1.165, 1.54) is 36.5 Å². The van der Waals surface area contributed by atoms with Crippen molar-refractivity contribution in [1.82, 2.24) is 5.32 Å². The smallest absolute Gasteiger partial charge is 0.261 e. The van der Waals surface area contributed by atoms with Gasteiger partial charge in [-0.3, -0.25) is 4.55 Å². The van der Waals surface area contributed by atoms with Crippen LogP contribution in [0.5, 0.6) is 0 Å². The first-order valence-electron chi connectivity index (χ1n) is 9.36. The van der Waals surface area contributed by atoms with Crippen LogP contribution in [0.3, 0.4) is 0 Å². The molecule has 1 aromatic heterocycles. The van der Waals surface area contributed by atoms with Crippen LogP contribution in [0.2, 0.25) is 0 Å². The molecule has 4 rings (SSSR count). The zero-order valence-corrected chi connectivity index (χ0v) is 18.4. The van der Waals surface area contributed by atoms with Crippen molar-refractivity contribution in [3.05, 3.63) is 60.2 Å². The van der Waals surface area contributed by atoms with Gasteiger partial charge in [-0.2, -0.15) is 8.42 Å². The van der Waals surface area contributed by atoms with Crippen LogP contribution in [0.1, 0.15) is 12.5 Å². The molecule has 0 saturated carbocycles. The molecule has 0 saturated heterocycles. The van der Waals surface area contributed by atoms with Gasteiger partial charge in [0, 0.05) is 26.7 Å². The number of aliphatic hydroxyl groups excluding tert-OH is 2. The first-order valence-corrected chi connectivity index (χ1v) is 12.0. The lowest BCUT2D eigenvalue weighted by atomic mass is 9.99. The number of benzene rings is 3. The molecule has 0 atom stereocenters. The van der Waals surface area contributed by atoms with Gasteiger partial charge < -0.3 is 15.5 Å². The topological polar surface area (TPSA) is 107 Å². The fourth-order valence-corrected chi connectivity index (χ4v) is 4.49. The largest absolute Gasteiger partial charge is 0.394 e. The Hall–Kier alpha value is -2.07. The average molecular weight is 448 g/mol. The van der Waals surface area contributed by atoms with Gasteiger partial charge in [-0.25, -0.2) is 0 Å². The average Bonchev–Trinajstić information content (AvgIpc) is 3.08. The van der Waals surface area contributed by atoms with Crippen molar-refractivity contribution in [3.8, 4) is 0 Å². The van der Waals surface area contributed by atoms with Gasteiger partial charge in [0.1, 0.15) is 0 Å². The number of thiophene rings is 1. The molecule has 0 fully saturated rings. The van der Waals surface area contributed by atoms with Crippen molar-refractivity contribution >= 4 is 52.4 Å². The summed E-state index contributed by atoms with van der Waals surface area (Å²) < 4.78 is 28.4. The van der Waals surface area contributed by atoms with Crippen molar-refractivity contribution in [2.75, 3.05) is 19.5 Å². The van der Waals surface area contributed by atoms with Gasteiger partial charge in [0.05, 0.1) is 25.0 Å². The van der Waals surface area contributed by atoms with E-state index in [1.807, 2.05) is 6.92 Å². The van der Waals surface area contributed by atoms with Gasteiger partial charge in [-0.1, -0.05) is 42.5 Å². The lowest BCUT2D eigenvalue weighted by Crippen LogP contribution is -2.48. The molecule has 4 N–H and O–H groups in total. The number of rotatable bonds is 5. The normalized spacial score (nSPS) is 12.3. The van der Waals surface area contributed by atoms with Crippen LogP contribution in [-0.4, -0.2) is 48.2 Å². The van der Waals surface area contributed by atoms with Crippen molar-refractivity contribution in [1.29, 1.82) is 0 Å². The van der Waals surface area contributed by atoms with E-state index in [0.29, 0.717) is 12.8 Å². The summed E-state index contributed by atoms with van der Waals surface area (Å²) in [4.78, 5) is 0. The molecule has 3 aromatic carbocycles. The maximum atomic E-state index is 9.58. The molecule has 0 aliphatic heterocycles. The van der Waals surface area contributed by atoms with Crippen molar-refractivity contribution in [3.63, 3.8) is 0 Å². The number of nitrogens with one attached hydrogen (secondary N) is 1. The minimum atomic E-state index is -3.67. The summed E-state index contributed by atoms with van der Waals surface area (Å²) in [5.41, 5.74) is 0.530. The molecular weight excluding hydrogens is 422 g/mol. The van der Waals surface area contributed by atoms with E-state index >= 15 is 0 Å². The summed E-state index contributed by atoms with van der Waals surface area (Å²) in [6.45, 7) is 2.22. The van der Waals surface area contributed by atoms with Gasteiger partial charge in [0.2, 0.25) is 0 Å².